The molecule has 0 fully saturated rings. The van der Waals surface area contributed by atoms with E-state index in [1.165, 1.54) is 0 Å². The molecule has 2 heterocycles. The molecule has 94 valence electrons. The van der Waals surface area contributed by atoms with Crippen LogP contribution in [0.1, 0.15) is 15.2 Å². The number of nitrogens with zero attached hydrogens (tertiary/aromatic N) is 1. The number of carbonyl (C=O) groups excluding carboxylic acids is 1. The average molecular weight is 332 g/mol. The number of Topliss-reactive ketones (excluding diaryl/α,β-unsaturated/α-hetero) is 1. The number of benzene rings is 1. The van der Waals surface area contributed by atoms with Gasteiger partial charge in [0, 0.05) is 32.9 Å². The van der Waals surface area contributed by atoms with Gasteiger partial charge in [-0.25, -0.2) is 0 Å². The van der Waals surface area contributed by atoms with E-state index in [4.69, 9.17) is 0 Å². The Bertz CT molecular complexity index is 745. The van der Waals surface area contributed by atoms with Gasteiger partial charge in [0.05, 0.1) is 5.52 Å². The van der Waals surface area contributed by atoms with E-state index in [1.54, 1.807) is 17.5 Å². The van der Waals surface area contributed by atoms with Gasteiger partial charge in [0.25, 0.3) is 0 Å². The predicted octanol–water partition coefficient (Wildman–Crippen LogP) is 4.48. The highest BCUT2D eigenvalue weighted by atomic mass is 79.9. The van der Waals surface area contributed by atoms with Gasteiger partial charge in [-0.15, -0.1) is 11.3 Å². The summed E-state index contributed by atoms with van der Waals surface area (Å²) in [5.41, 5.74) is 1.47. The van der Waals surface area contributed by atoms with Gasteiger partial charge in [0.1, 0.15) is 0 Å². The SMILES string of the molecule is O=C(Cc1sccc1Br)c1cccc2cccnc12. The van der Waals surface area contributed by atoms with Crippen LogP contribution in [0.15, 0.2) is 52.4 Å². The van der Waals surface area contributed by atoms with Crippen molar-refractivity contribution >= 4 is 44.0 Å². The van der Waals surface area contributed by atoms with Crippen molar-refractivity contribution in [1.82, 2.24) is 4.98 Å². The van der Waals surface area contributed by atoms with Gasteiger partial charge in [0.15, 0.2) is 5.78 Å². The zero-order valence-electron chi connectivity index (χ0n) is 9.97. The van der Waals surface area contributed by atoms with E-state index in [0.29, 0.717) is 12.0 Å². The number of fused-ring (bicyclic) bond motifs is 1. The summed E-state index contributed by atoms with van der Waals surface area (Å²) in [7, 11) is 0. The lowest BCUT2D eigenvalue weighted by Crippen LogP contribution is -2.04. The molecule has 0 atom stereocenters. The fourth-order valence-electron chi connectivity index (χ4n) is 2.02. The molecule has 4 heteroatoms. The number of rotatable bonds is 3. The first-order chi connectivity index (χ1) is 9.25. The Balaban J connectivity index is 2.00. The number of carbonyl (C=O) groups is 1. The maximum Gasteiger partial charge on any atom is 0.170 e. The van der Waals surface area contributed by atoms with E-state index in [2.05, 4.69) is 20.9 Å². The topological polar surface area (TPSA) is 30.0 Å². The van der Waals surface area contributed by atoms with Crippen LogP contribution < -0.4 is 0 Å². The van der Waals surface area contributed by atoms with Gasteiger partial charge in [-0.05, 0) is 39.5 Å². The fraction of sp³-hybridized carbons (Fsp3) is 0.0667. The zero-order valence-corrected chi connectivity index (χ0v) is 12.4. The van der Waals surface area contributed by atoms with E-state index in [1.807, 2.05) is 41.8 Å². The highest BCUT2D eigenvalue weighted by Gasteiger charge is 2.13. The molecule has 0 saturated heterocycles. The van der Waals surface area contributed by atoms with Gasteiger partial charge in [0.2, 0.25) is 0 Å². The Morgan fingerprint density at radius 3 is 2.84 bits per heavy atom. The highest BCUT2D eigenvalue weighted by Crippen LogP contribution is 2.25. The molecule has 0 amide bonds. The summed E-state index contributed by atoms with van der Waals surface area (Å²) in [6.45, 7) is 0. The number of hydrogen-bond acceptors (Lipinski definition) is 3. The second-order valence-electron chi connectivity index (χ2n) is 4.17. The molecule has 3 rings (SSSR count). The van der Waals surface area contributed by atoms with E-state index in [0.717, 1.165) is 20.3 Å². The van der Waals surface area contributed by atoms with Gasteiger partial charge < -0.3 is 0 Å². The van der Waals surface area contributed by atoms with Crippen molar-refractivity contribution in [2.24, 2.45) is 0 Å². The van der Waals surface area contributed by atoms with E-state index in [-0.39, 0.29) is 5.78 Å². The molecule has 0 unspecified atom stereocenters. The molecule has 2 nitrogen and oxygen atoms in total. The summed E-state index contributed by atoms with van der Waals surface area (Å²) in [4.78, 5) is 17.8. The molecule has 0 aliphatic heterocycles. The molecule has 0 radical (unpaired) electrons. The summed E-state index contributed by atoms with van der Waals surface area (Å²) in [6.07, 6.45) is 2.13. The van der Waals surface area contributed by atoms with Crippen LogP contribution in [0.4, 0.5) is 0 Å². The molecule has 0 aliphatic rings. The molecule has 2 aromatic heterocycles. The number of aromatic nitrogens is 1. The van der Waals surface area contributed by atoms with Crippen molar-refractivity contribution in [3.05, 3.63) is 62.9 Å². The van der Waals surface area contributed by atoms with Crippen LogP contribution in [-0.2, 0) is 6.42 Å². The lowest BCUT2D eigenvalue weighted by molar-refractivity contribution is 0.0995. The van der Waals surface area contributed by atoms with Gasteiger partial charge in [-0.2, -0.15) is 0 Å². The molecule has 0 aliphatic carbocycles. The summed E-state index contributed by atoms with van der Waals surface area (Å²) < 4.78 is 0.999. The van der Waals surface area contributed by atoms with Crippen LogP contribution in [0.25, 0.3) is 10.9 Å². The quantitative estimate of drug-likeness (QED) is 0.662. The Labute approximate surface area is 123 Å². The maximum absolute atomic E-state index is 12.4. The van der Waals surface area contributed by atoms with E-state index < -0.39 is 0 Å². The molecular weight excluding hydrogens is 322 g/mol. The lowest BCUT2D eigenvalue weighted by atomic mass is 10.0. The van der Waals surface area contributed by atoms with Crippen molar-refractivity contribution < 1.29 is 4.79 Å². The fourth-order valence-corrected chi connectivity index (χ4v) is 3.51. The largest absolute Gasteiger partial charge is 0.294 e. The number of hydrogen-bond donors (Lipinski definition) is 0. The Morgan fingerprint density at radius 1 is 1.21 bits per heavy atom. The van der Waals surface area contributed by atoms with Gasteiger partial charge >= 0.3 is 0 Å². The lowest BCUT2D eigenvalue weighted by Gasteiger charge is -2.04. The first-order valence-electron chi connectivity index (χ1n) is 5.84. The number of para-hydroxylation sites is 1. The van der Waals surface area contributed by atoms with Crippen LogP contribution in [0.5, 0.6) is 0 Å². The first-order valence-corrected chi connectivity index (χ1v) is 7.52. The molecular formula is C15H10BrNOS. The standard InChI is InChI=1S/C15H10BrNOS/c16-12-6-8-19-14(12)9-13(18)11-5-1-3-10-4-2-7-17-15(10)11/h1-8H,9H2. The van der Waals surface area contributed by atoms with Crippen molar-refractivity contribution in [2.45, 2.75) is 6.42 Å². The monoisotopic (exact) mass is 331 g/mol. The molecule has 1 aromatic carbocycles. The van der Waals surface area contributed by atoms with Gasteiger partial charge in [-0.1, -0.05) is 18.2 Å². The van der Waals surface area contributed by atoms with Gasteiger partial charge in [-0.3, -0.25) is 9.78 Å². The number of pyridine rings is 1. The average Bonchev–Trinajstić information content (AvgIpc) is 2.83. The Kier molecular flexibility index (Phi) is 3.44. The van der Waals surface area contributed by atoms with Crippen LogP contribution in [0.2, 0.25) is 0 Å². The van der Waals surface area contributed by atoms with Crippen molar-refractivity contribution in [3.63, 3.8) is 0 Å². The summed E-state index contributed by atoms with van der Waals surface area (Å²) >= 11 is 5.05. The minimum Gasteiger partial charge on any atom is -0.294 e. The van der Waals surface area contributed by atoms with Crippen molar-refractivity contribution in [2.75, 3.05) is 0 Å². The zero-order chi connectivity index (χ0) is 13.2. The van der Waals surface area contributed by atoms with E-state index in [9.17, 15) is 4.79 Å². The summed E-state index contributed by atoms with van der Waals surface area (Å²) in [5, 5.41) is 2.98. The highest BCUT2D eigenvalue weighted by molar-refractivity contribution is 9.10. The molecule has 0 N–H and O–H groups in total. The Morgan fingerprint density at radius 2 is 2.05 bits per heavy atom. The minimum atomic E-state index is 0.104. The molecule has 19 heavy (non-hydrogen) atoms. The third kappa shape index (κ3) is 2.46. The predicted molar refractivity (Wildman–Crippen MR) is 81.8 cm³/mol. The van der Waals surface area contributed by atoms with Crippen LogP contribution in [0.3, 0.4) is 0 Å². The third-order valence-corrected chi connectivity index (χ3v) is 4.87. The summed E-state index contributed by atoms with van der Waals surface area (Å²) in [5.74, 6) is 0.104. The first kappa shape index (κ1) is 12.5. The van der Waals surface area contributed by atoms with Crippen molar-refractivity contribution in [3.8, 4) is 0 Å². The van der Waals surface area contributed by atoms with Crippen molar-refractivity contribution in [1.29, 1.82) is 0 Å². The van der Waals surface area contributed by atoms with Crippen LogP contribution in [0, 0.1) is 0 Å². The normalized spacial score (nSPS) is 10.8. The molecule has 0 spiro atoms. The number of thiophene rings is 1. The molecule has 0 saturated carbocycles. The maximum atomic E-state index is 12.4. The number of halogens is 1. The third-order valence-electron chi connectivity index (χ3n) is 2.95. The smallest absolute Gasteiger partial charge is 0.170 e. The Hall–Kier alpha value is -1.52. The number of ketones is 1. The van der Waals surface area contributed by atoms with Crippen LogP contribution in [-0.4, -0.2) is 10.8 Å². The van der Waals surface area contributed by atoms with E-state index >= 15 is 0 Å². The van der Waals surface area contributed by atoms with Crippen LogP contribution >= 0.6 is 27.3 Å². The molecule has 0 bridgehead atoms. The molecule has 3 aromatic rings. The second kappa shape index (κ2) is 5.23. The second-order valence-corrected chi connectivity index (χ2v) is 6.03. The summed E-state index contributed by atoms with van der Waals surface area (Å²) in [6, 6.07) is 11.5. The minimum absolute atomic E-state index is 0.104.